The minimum Gasteiger partial charge on any atom is -0.491 e. The molecule has 0 saturated carbocycles. The molecule has 2 aromatic rings. The Morgan fingerprint density at radius 1 is 1.23 bits per heavy atom. The summed E-state index contributed by atoms with van der Waals surface area (Å²) in [6.07, 6.45) is 1.86. The number of amides is 1. The third-order valence-electron chi connectivity index (χ3n) is 5.40. The maximum absolute atomic E-state index is 13.3. The molecule has 1 saturated heterocycles. The Bertz CT molecular complexity index is 885. The van der Waals surface area contributed by atoms with Crippen molar-refractivity contribution in [1.82, 2.24) is 4.90 Å². The molecule has 1 aliphatic heterocycles. The molecule has 1 heterocycles. The zero-order valence-electron chi connectivity index (χ0n) is 17.4. The number of hydrogen-bond acceptors (Lipinski definition) is 4. The quantitative estimate of drug-likeness (QED) is 0.710. The van der Waals surface area contributed by atoms with Gasteiger partial charge >= 0.3 is 0 Å². The van der Waals surface area contributed by atoms with Gasteiger partial charge in [0, 0.05) is 17.3 Å². The second-order valence-corrected chi connectivity index (χ2v) is 8.45. The first-order valence-corrected chi connectivity index (χ1v) is 10.5. The van der Waals surface area contributed by atoms with Crippen molar-refractivity contribution in [2.75, 3.05) is 31.6 Å². The van der Waals surface area contributed by atoms with Gasteiger partial charge in [0.25, 0.3) is 0 Å². The van der Waals surface area contributed by atoms with Crippen LogP contribution in [0, 0.1) is 19.7 Å². The number of halogens is 2. The molecule has 1 aliphatic rings. The van der Waals surface area contributed by atoms with E-state index in [4.69, 9.17) is 16.3 Å². The van der Waals surface area contributed by atoms with Gasteiger partial charge in [0.2, 0.25) is 5.91 Å². The highest BCUT2D eigenvalue weighted by atomic mass is 35.5. The van der Waals surface area contributed by atoms with E-state index in [2.05, 4.69) is 5.32 Å². The lowest BCUT2D eigenvalue weighted by Gasteiger charge is -2.27. The number of benzene rings is 2. The van der Waals surface area contributed by atoms with Crippen molar-refractivity contribution < 1.29 is 19.0 Å². The van der Waals surface area contributed by atoms with Gasteiger partial charge in [0.05, 0.1) is 12.1 Å². The molecule has 0 radical (unpaired) electrons. The van der Waals surface area contributed by atoms with Gasteiger partial charge in [-0.2, -0.15) is 0 Å². The highest BCUT2D eigenvalue weighted by Crippen LogP contribution is 2.28. The first kappa shape index (κ1) is 22.5. The van der Waals surface area contributed by atoms with E-state index >= 15 is 0 Å². The number of aryl methyl sites for hydroxylation is 2. The van der Waals surface area contributed by atoms with Crippen LogP contribution in [0.3, 0.4) is 0 Å². The smallest absolute Gasteiger partial charge is 0.238 e. The van der Waals surface area contributed by atoms with Gasteiger partial charge in [0.15, 0.2) is 0 Å². The Morgan fingerprint density at radius 3 is 2.67 bits per heavy atom. The number of nitrogens with one attached hydrogen (secondary N) is 1. The number of carbonyl (C=O) groups excluding carboxylic acids is 1. The van der Waals surface area contributed by atoms with Gasteiger partial charge in [-0.25, -0.2) is 4.39 Å². The number of nitrogens with zero attached hydrogens (tertiary/aromatic N) is 1. The molecule has 0 aliphatic carbocycles. The fraction of sp³-hybridized carbons (Fsp3) is 0.435. The summed E-state index contributed by atoms with van der Waals surface area (Å²) in [6, 6.07) is 9.58. The van der Waals surface area contributed by atoms with E-state index in [1.165, 1.54) is 12.1 Å². The van der Waals surface area contributed by atoms with Crippen LogP contribution in [0.1, 0.15) is 30.4 Å². The number of carbonyl (C=O) groups is 1. The molecule has 3 rings (SSSR count). The van der Waals surface area contributed by atoms with Crippen LogP contribution in [-0.4, -0.2) is 47.8 Å². The highest BCUT2D eigenvalue weighted by Gasteiger charge is 2.31. The van der Waals surface area contributed by atoms with Crippen LogP contribution in [0.15, 0.2) is 36.4 Å². The second-order valence-electron chi connectivity index (χ2n) is 8.07. The summed E-state index contributed by atoms with van der Waals surface area (Å²) >= 11 is 6.20. The van der Waals surface area contributed by atoms with Crippen LogP contribution in [0.2, 0.25) is 5.02 Å². The number of hydrogen-bond donors (Lipinski definition) is 2. The first-order valence-electron chi connectivity index (χ1n) is 10.1. The first-order chi connectivity index (χ1) is 14.2. The maximum atomic E-state index is 13.3. The van der Waals surface area contributed by atoms with Crippen molar-refractivity contribution in [3.63, 3.8) is 0 Å². The fourth-order valence-electron chi connectivity index (χ4n) is 3.71. The summed E-state index contributed by atoms with van der Waals surface area (Å²) in [5.41, 5.74) is 1.37. The number of anilines is 1. The molecule has 0 bridgehead atoms. The molecule has 2 N–H and O–H groups in total. The van der Waals surface area contributed by atoms with E-state index in [1.54, 1.807) is 12.1 Å². The van der Waals surface area contributed by atoms with Crippen LogP contribution in [0.25, 0.3) is 0 Å². The van der Waals surface area contributed by atoms with E-state index in [-0.39, 0.29) is 19.1 Å². The molecule has 1 amide bonds. The number of likely N-dealkylation sites (tertiary alicyclic amines) is 1. The maximum Gasteiger partial charge on any atom is 0.238 e. The largest absolute Gasteiger partial charge is 0.491 e. The van der Waals surface area contributed by atoms with Gasteiger partial charge in [-0.05, 0) is 81.1 Å². The molecule has 30 heavy (non-hydrogen) atoms. The van der Waals surface area contributed by atoms with E-state index in [9.17, 15) is 14.3 Å². The number of aliphatic hydroxyl groups is 1. The summed E-state index contributed by atoms with van der Waals surface area (Å²) in [4.78, 5) is 14.3. The van der Waals surface area contributed by atoms with Crippen LogP contribution < -0.4 is 10.1 Å². The SMILES string of the molecule is Cc1cc(OCC2(O)CCCN(CC(=O)Nc3cccc(F)c3)CC2)cc(C)c1Cl. The average molecular weight is 435 g/mol. The third kappa shape index (κ3) is 6.17. The normalized spacial score (nSPS) is 19.9. The van der Waals surface area contributed by atoms with E-state index in [1.807, 2.05) is 30.9 Å². The average Bonchev–Trinajstić information content (AvgIpc) is 2.86. The Hall–Kier alpha value is -2.15. The van der Waals surface area contributed by atoms with Gasteiger partial charge in [-0.3, -0.25) is 9.69 Å². The molecule has 0 aromatic heterocycles. The predicted octanol–water partition coefficient (Wildman–Crippen LogP) is 4.33. The van der Waals surface area contributed by atoms with Gasteiger partial charge in [-0.15, -0.1) is 0 Å². The van der Waals surface area contributed by atoms with Crippen LogP contribution >= 0.6 is 11.6 Å². The fourth-order valence-corrected chi connectivity index (χ4v) is 3.82. The van der Waals surface area contributed by atoms with E-state index in [0.29, 0.717) is 37.4 Å². The molecule has 5 nitrogen and oxygen atoms in total. The molecule has 7 heteroatoms. The Kier molecular flexibility index (Phi) is 7.34. The van der Waals surface area contributed by atoms with Crippen molar-refractivity contribution in [2.45, 2.75) is 38.7 Å². The Morgan fingerprint density at radius 2 is 1.97 bits per heavy atom. The molecule has 1 unspecified atom stereocenters. The standard InChI is InChI=1S/C23H28ClFN2O3/c1-16-11-20(12-17(2)22(16)24)30-15-23(29)7-4-9-27(10-8-23)14-21(28)26-19-6-3-5-18(25)13-19/h3,5-6,11-13,29H,4,7-10,14-15H2,1-2H3,(H,26,28). The van der Waals surface area contributed by atoms with Crippen molar-refractivity contribution in [3.05, 3.63) is 58.4 Å². The predicted molar refractivity (Wildman–Crippen MR) is 117 cm³/mol. The van der Waals surface area contributed by atoms with Crippen molar-refractivity contribution in [2.24, 2.45) is 0 Å². The Balaban J connectivity index is 1.51. The molecule has 162 valence electrons. The molecule has 1 fully saturated rings. The lowest BCUT2D eigenvalue weighted by atomic mass is 9.96. The molecular weight excluding hydrogens is 407 g/mol. The van der Waals surface area contributed by atoms with Crippen molar-refractivity contribution >= 4 is 23.2 Å². The summed E-state index contributed by atoms with van der Waals surface area (Å²) in [6.45, 7) is 5.53. The number of rotatable bonds is 6. The summed E-state index contributed by atoms with van der Waals surface area (Å²) in [5, 5.41) is 14.4. The lowest BCUT2D eigenvalue weighted by molar-refractivity contribution is -0.117. The van der Waals surface area contributed by atoms with Crippen molar-refractivity contribution in [3.8, 4) is 5.75 Å². The van der Waals surface area contributed by atoms with Crippen molar-refractivity contribution in [1.29, 1.82) is 0 Å². The molecule has 0 spiro atoms. The summed E-state index contributed by atoms with van der Waals surface area (Å²) in [5.74, 6) is 0.103. The van der Waals surface area contributed by atoms with Gasteiger partial charge < -0.3 is 15.2 Å². The van der Waals surface area contributed by atoms with Gasteiger partial charge in [0.1, 0.15) is 18.2 Å². The topological polar surface area (TPSA) is 61.8 Å². The summed E-state index contributed by atoms with van der Waals surface area (Å²) < 4.78 is 19.2. The van der Waals surface area contributed by atoms with Crippen LogP contribution in [-0.2, 0) is 4.79 Å². The highest BCUT2D eigenvalue weighted by molar-refractivity contribution is 6.32. The second kappa shape index (κ2) is 9.77. The third-order valence-corrected chi connectivity index (χ3v) is 6.00. The van der Waals surface area contributed by atoms with Gasteiger partial charge in [-0.1, -0.05) is 17.7 Å². The zero-order chi connectivity index (χ0) is 21.7. The lowest BCUT2D eigenvalue weighted by Crippen LogP contribution is -2.38. The molecule has 2 aromatic carbocycles. The van der Waals surface area contributed by atoms with E-state index in [0.717, 1.165) is 22.6 Å². The molecule has 1 atom stereocenters. The monoisotopic (exact) mass is 434 g/mol. The Labute approximate surface area is 181 Å². The number of ether oxygens (including phenoxy) is 1. The van der Waals surface area contributed by atoms with Crippen LogP contribution in [0.4, 0.5) is 10.1 Å². The zero-order valence-corrected chi connectivity index (χ0v) is 18.1. The minimum atomic E-state index is -0.949. The van der Waals surface area contributed by atoms with E-state index < -0.39 is 11.4 Å². The summed E-state index contributed by atoms with van der Waals surface area (Å²) in [7, 11) is 0. The minimum absolute atomic E-state index is 0.191. The van der Waals surface area contributed by atoms with Crippen LogP contribution in [0.5, 0.6) is 5.75 Å². The molecular formula is C23H28ClFN2O3.